The summed E-state index contributed by atoms with van der Waals surface area (Å²) >= 11 is 0. The van der Waals surface area contributed by atoms with Gasteiger partial charge in [-0.05, 0) is 52.0 Å². The second kappa shape index (κ2) is 9.16. The van der Waals surface area contributed by atoms with E-state index in [4.69, 9.17) is 4.74 Å². The lowest BCUT2D eigenvalue weighted by molar-refractivity contribution is -0.137. The van der Waals surface area contributed by atoms with Crippen LogP contribution in [0.3, 0.4) is 0 Å². The first-order valence-corrected chi connectivity index (χ1v) is 10.3. The molecule has 0 bridgehead atoms. The number of ether oxygens (including phenoxy) is 1. The van der Waals surface area contributed by atoms with E-state index in [0.717, 1.165) is 16.8 Å². The minimum Gasteiger partial charge on any atom is -0.444 e. The fourth-order valence-corrected chi connectivity index (χ4v) is 3.15. The van der Waals surface area contributed by atoms with Crippen LogP contribution in [0.4, 0.5) is 29.3 Å². The summed E-state index contributed by atoms with van der Waals surface area (Å²) in [5.41, 5.74) is -2.86. The molecule has 0 atom stereocenters. The Kier molecular flexibility index (Phi) is 6.67. The largest absolute Gasteiger partial charge is 0.444 e. The van der Waals surface area contributed by atoms with Crippen molar-refractivity contribution in [3.8, 4) is 0 Å². The minimum atomic E-state index is -4.69. The topological polar surface area (TPSA) is 102 Å². The molecule has 0 aliphatic rings. The lowest BCUT2D eigenvalue weighted by Crippen LogP contribution is -2.28. The first kappa shape index (κ1) is 24.7. The number of hydrogen-bond donors (Lipinski definition) is 2. The van der Waals surface area contributed by atoms with Crippen LogP contribution in [-0.4, -0.2) is 27.4 Å². The molecule has 0 unspecified atom stereocenters. The highest BCUT2D eigenvalue weighted by Gasteiger charge is 2.32. The van der Waals surface area contributed by atoms with Crippen molar-refractivity contribution in [2.45, 2.75) is 46.0 Å². The van der Waals surface area contributed by atoms with Crippen LogP contribution >= 0.6 is 0 Å². The molecule has 0 aliphatic carbocycles. The van der Waals surface area contributed by atoms with Gasteiger partial charge in [0.15, 0.2) is 5.69 Å². The van der Waals surface area contributed by atoms with Crippen LogP contribution in [-0.2, 0) is 17.5 Å². The number of benzene rings is 2. The van der Waals surface area contributed by atoms with Crippen molar-refractivity contribution in [1.29, 1.82) is 0 Å². The summed E-state index contributed by atoms with van der Waals surface area (Å²) in [6.45, 7) is 6.73. The first-order valence-electron chi connectivity index (χ1n) is 10.3. The van der Waals surface area contributed by atoms with Crippen LogP contribution in [0.25, 0.3) is 10.8 Å². The van der Waals surface area contributed by atoms with E-state index in [1.807, 2.05) is 0 Å². The number of aromatic nitrogens is 2. The Bertz CT molecular complexity index is 1310. The standard InChI is InChI=1S/C23H23F3N4O4/c1-5-30-20(32)15-9-7-6-8-14(15)18(29-30)19(31)27-17-12-13(23(24,25)26)10-11-16(17)28-21(33)34-22(2,3)4/h6-12H,5H2,1-4H3,(H,27,31)(H,28,33). The summed E-state index contributed by atoms with van der Waals surface area (Å²) in [5.74, 6) is -0.857. The molecule has 1 heterocycles. The van der Waals surface area contributed by atoms with E-state index >= 15 is 0 Å². The predicted octanol–water partition coefficient (Wildman–Crippen LogP) is 5.03. The number of nitrogens with one attached hydrogen (secondary N) is 2. The van der Waals surface area contributed by atoms with Crippen molar-refractivity contribution < 1.29 is 27.5 Å². The molecular formula is C23H23F3N4O4. The third-order valence-corrected chi connectivity index (χ3v) is 4.61. The molecule has 8 nitrogen and oxygen atoms in total. The second-order valence-electron chi connectivity index (χ2n) is 8.35. The van der Waals surface area contributed by atoms with E-state index < -0.39 is 34.9 Å². The van der Waals surface area contributed by atoms with Gasteiger partial charge >= 0.3 is 12.3 Å². The molecule has 0 radical (unpaired) electrons. The number of aryl methyl sites for hydroxylation is 1. The molecule has 2 N–H and O–H groups in total. The number of carbonyl (C=O) groups is 2. The van der Waals surface area contributed by atoms with E-state index in [-0.39, 0.29) is 34.4 Å². The second-order valence-corrected chi connectivity index (χ2v) is 8.35. The van der Waals surface area contributed by atoms with Gasteiger partial charge in [0.25, 0.3) is 11.5 Å². The van der Waals surface area contributed by atoms with Crippen LogP contribution < -0.4 is 16.2 Å². The summed E-state index contributed by atoms with van der Waals surface area (Å²) in [6, 6.07) is 8.76. The highest BCUT2D eigenvalue weighted by Crippen LogP contribution is 2.34. The van der Waals surface area contributed by atoms with Crippen molar-refractivity contribution in [2.24, 2.45) is 0 Å². The van der Waals surface area contributed by atoms with Crippen molar-refractivity contribution >= 4 is 34.1 Å². The van der Waals surface area contributed by atoms with E-state index in [2.05, 4.69) is 15.7 Å². The normalized spacial score (nSPS) is 11.9. The molecule has 11 heteroatoms. The van der Waals surface area contributed by atoms with E-state index in [0.29, 0.717) is 6.07 Å². The fraction of sp³-hybridized carbons (Fsp3) is 0.304. The number of anilines is 2. The number of rotatable bonds is 4. The molecule has 2 amide bonds. The summed E-state index contributed by atoms with van der Waals surface area (Å²) in [6.07, 6.45) is -5.60. The SMILES string of the molecule is CCn1nc(C(=O)Nc2cc(C(F)(F)F)ccc2NC(=O)OC(C)(C)C)c2ccccc2c1=O. The van der Waals surface area contributed by atoms with Crippen LogP contribution in [0.15, 0.2) is 47.3 Å². The van der Waals surface area contributed by atoms with E-state index in [1.165, 1.54) is 12.1 Å². The molecule has 180 valence electrons. The fourth-order valence-electron chi connectivity index (χ4n) is 3.15. The average molecular weight is 476 g/mol. The molecule has 0 aliphatic heterocycles. The van der Waals surface area contributed by atoms with E-state index in [9.17, 15) is 27.6 Å². The van der Waals surface area contributed by atoms with Gasteiger partial charge in [-0.25, -0.2) is 9.48 Å². The van der Waals surface area contributed by atoms with Crippen molar-refractivity contribution in [2.75, 3.05) is 10.6 Å². The minimum absolute atomic E-state index is 0.108. The van der Waals surface area contributed by atoms with Gasteiger partial charge < -0.3 is 10.1 Å². The maximum atomic E-state index is 13.3. The van der Waals surface area contributed by atoms with Crippen molar-refractivity contribution in [3.05, 3.63) is 64.1 Å². The predicted molar refractivity (Wildman–Crippen MR) is 121 cm³/mol. The Hall–Kier alpha value is -3.89. The Labute approximate surface area is 192 Å². The van der Waals surface area contributed by atoms with Gasteiger partial charge in [0.2, 0.25) is 0 Å². The molecule has 34 heavy (non-hydrogen) atoms. The summed E-state index contributed by atoms with van der Waals surface area (Å²) in [7, 11) is 0. The van der Waals surface area contributed by atoms with Gasteiger partial charge in [-0.15, -0.1) is 0 Å². The number of halogens is 3. The lowest BCUT2D eigenvalue weighted by atomic mass is 10.1. The van der Waals surface area contributed by atoms with Gasteiger partial charge in [0.1, 0.15) is 5.60 Å². The summed E-state index contributed by atoms with van der Waals surface area (Å²) in [4.78, 5) is 37.8. The monoisotopic (exact) mass is 476 g/mol. The molecule has 0 spiro atoms. The quantitative estimate of drug-likeness (QED) is 0.550. The lowest BCUT2D eigenvalue weighted by Gasteiger charge is -2.21. The molecular weight excluding hydrogens is 453 g/mol. The van der Waals surface area contributed by atoms with Crippen LogP contribution in [0.5, 0.6) is 0 Å². The number of fused-ring (bicyclic) bond motifs is 1. The van der Waals surface area contributed by atoms with Crippen molar-refractivity contribution in [3.63, 3.8) is 0 Å². The van der Waals surface area contributed by atoms with Crippen LogP contribution in [0.2, 0.25) is 0 Å². The molecule has 0 fully saturated rings. The highest BCUT2D eigenvalue weighted by atomic mass is 19.4. The molecule has 3 aromatic rings. The maximum absolute atomic E-state index is 13.3. The third-order valence-electron chi connectivity index (χ3n) is 4.61. The first-order chi connectivity index (χ1) is 15.8. The number of amides is 2. The summed E-state index contributed by atoms with van der Waals surface area (Å²) in [5, 5.41) is 9.29. The van der Waals surface area contributed by atoms with Crippen LogP contribution in [0, 0.1) is 0 Å². The van der Waals surface area contributed by atoms with Gasteiger partial charge in [-0.3, -0.25) is 14.9 Å². The van der Waals surface area contributed by atoms with Gasteiger partial charge in [0, 0.05) is 11.9 Å². The molecule has 2 aromatic carbocycles. The van der Waals surface area contributed by atoms with Gasteiger partial charge in [-0.1, -0.05) is 18.2 Å². The number of nitrogens with zero attached hydrogens (tertiary/aromatic N) is 2. The Morgan fingerprint density at radius 3 is 2.24 bits per heavy atom. The molecule has 0 saturated carbocycles. The highest BCUT2D eigenvalue weighted by molar-refractivity contribution is 6.12. The zero-order chi connectivity index (χ0) is 25.3. The third kappa shape index (κ3) is 5.53. The maximum Gasteiger partial charge on any atom is 0.416 e. The zero-order valence-corrected chi connectivity index (χ0v) is 18.9. The van der Waals surface area contributed by atoms with Gasteiger partial charge in [0.05, 0.1) is 22.3 Å². The summed E-state index contributed by atoms with van der Waals surface area (Å²) < 4.78 is 46.2. The van der Waals surface area contributed by atoms with Crippen LogP contribution in [0.1, 0.15) is 43.7 Å². The number of hydrogen-bond acceptors (Lipinski definition) is 5. The molecule has 3 rings (SSSR count). The van der Waals surface area contributed by atoms with Gasteiger partial charge in [-0.2, -0.15) is 18.3 Å². The smallest absolute Gasteiger partial charge is 0.416 e. The van der Waals surface area contributed by atoms with Crippen molar-refractivity contribution in [1.82, 2.24) is 9.78 Å². The molecule has 1 aromatic heterocycles. The average Bonchev–Trinajstić information content (AvgIpc) is 2.73. The zero-order valence-electron chi connectivity index (χ0n) is 18.9. The Morgan fingerprint density at radius 2 is 1.65 bits per heavy atom. The Balaban J connectivity index is 2.05. The number of alkyl halides is 3. The Morgan fingerprint density at radius 1 is 1.00 bits per heavy atom. The molecule has 0 saturated heterocycles. The number of carbonyl (C=O) groups excluding carboxylic acids is 2. The van der Waals surface area contributed by atoms with E-state index in [1.54, 1.807) is 39.8 Å².